The van der Waals surface area contributed by atoms with Gasteiger partial charge >= 0.3 is 0 Å². The van der Waals surface area contributed by atoms with Crippen LogP contribution in [0.25, 0.3) is 0 Å². The molecule has 0 bridgehead atoms. The molecular weight excluding hydrogens is 284 g/mol. The van der Waals surface area contributed by atoms with Crippen molar-refractivity contribution in [1.29, 1.82) is 0 Å². The first kappa shape index (κ1) is 15.0. The van der Waals surface area contributed by atoms with Crippen molar-refractivity contribution in [3.63, 3.8) is 0 Å². The van der Waals surface area contributed by atoms with Crippen molar-refractivity contribution in [2.24, 2.45) is 5.92 Å². The molecule has 1 aromatic rings. The van der Waals surface area contributed by atoms with Crippen LogP contribution in [0.4, 0.5) is 0 Å². The third kappa shape index (κ3) is 3.00. The third-order valence-corrected chi connectivity index (χ3v) is 6.04. The number of carbonyl (C=O) groups excluding carboxylic acids is 1. The maximum Gasteiger partial charge on any atom is 0.231 e. The highest BCUT2D eigenvalue weighted by Crippen LogP contribution is 2.41. The molecule has 3 rings (SSSR count). The molecule has 2 atom stereocenters. The number of rotatable bonds is 4. The fourth-order valence-corrected chi connectivity index (χ4v) is 4.60. The minimum absolute atomic E-state index is 0.137. The minimum atomic E-state index is -0.339. The summed E-state index contributed by atoms with van der Waals surface area (Å²) >= 11 is 1.69. The average Bonchev–Trinajstić information content (AvgIpc) is 3.17. The Kier molecular flexibility index (Phi) is 4.62. The van der Waals surface area contributed by atoms with E-state index in [0.717, 1.165) is 32.2 Å². The number of β-amino-alcohol motifs (C(OH)–C–C–N with tert-alkyl or cyclic N) is 1. The van der Waals surface area contributed by atoms with Crippen LogP contribution in [-0.4, -0.2) is 36.8 Å². The normalized spacial score (nSPS) is 28.4. The standard InChI is InChI=1S/C16H24N2O2S/c19-13-11-17-9-12(13)10-18-15(20)16(6-2-1-3-7-16)14-5-4-8-21-14/h4-5,8,12-13,17,19H,1-3,6-7,9-11H2,(H,18,20). The lowest BCUT2D eigenvalue weighted by Crippen LogP contribution is -2.47. The smallest absolute Gasteiger partial charge is 0.231 e. The molecule has 1 aliphatic carbocycles. The zero-order valence-electron chi connectivity index (χ0n) is 12.3. The maximum absolute atomic E-state index is 12.9. The highest BCUT2D eigenvalue weighted by Gasteiger charge is 2.42. The first-order valence-corrected chi connectivity index (χ1v) is 8.81. The summed E-state index contributed by atoms with van der Waals surface area (Å²) in [6.07, 6.45) is 5.04. The van der Waals surface area contributed by atoms with Gasteiger partial charge in [-0.15, -0.1) is 11.3 Å². The number of thiophene rings is 1. The monoisotopic (exact) mass is 308 g/mol. The summed E-state index contributed by atoms with van der Waals surface area (Å²) in [6.45, 7) is 1.99. The highest BCUT2D eigenvalue weighted by atomic mass is 32.1. The fourth-order valence-electron chi connectivity index (χ4n) is 3.61. The predicted octanol–water partition coefficient (Wildman–Crippen LogP) is 1.65. The van der Waals surface area contributed by atoms with E-state index in [1.54, 1.807) is 11.3 Å². The lowest BCUT2D eigenvalue weighted by atomic mass is 9.72. The average molecular weight is 308 g/mol. The van der Waals surface area contributed by atoms with Gasteiger partial charge in [-0.3, -0.25) is 4.79 Å². The second-order valence-corrected chi connectivity index (χ2v) is 7.26. The van der Waals surface area contributed by atoms with Crippen LogP contribution in [0.3, 0.4) is 0 Å². The molecule has 1 amide bonds. The molecule has 2 unspecified atom stereocenters. The Morgan fingerprint density at radius 1 is 1.38 bits per heavy atom. The molecule has 0 spiro atoms. The first-order chi connectivity index (χ1) is 10.2. The first-order valence-electron chi connectivity index (χ1n) is 7.93. The van der Waals surface area contributed by atoms with Crippen LogP contribution >= 0.6 is 11.3 Å². The van der Waals surface area contributed by atoms with E-state index in [1.807, 2.05) is 6.07 Å². The van der Waals surface area contributed by atoms with Crippen molar-refractivity contribution in [3.8, 4) is 0 Å². The van der Waals surface area contributed by atoms with E-state index in [1.165, 1.54) is 11.3 Å². The summed E-state index contributed by atoms with van der Waals surface area (Å²) < 4.78 is 0. The van der Waals surface area contributed by atoms with Crippen LogP contribution in [0.1, 0.15) is 37.0 Å². The van der Waals surface area contributed by atoms with Crippen molar-refractivity contribution >= 4 is 17.2 Å². The molecule has 1 aromatic heterocycles. The van der Waals surface area contributed by atoms with Gasteiger partial charge in [-0.1, -0.05) is 25.3 Å². The Hall–Kier alpha value is -0.910. The fraction of sp³-hybridized carbons (Fsp3) is 0.688. The lowest BCUT2D eigenvalue weighted by Gasteiger charge is -2.35. The van der Waals surface area contributed by atoms with Gasteiger partial charge in [-0.25, -0.2) is 0 Å². The van der Waals surface area contributed by atoms with Gasteiger partial charge in [0, 0.05) is 30.4 Å². The summed E-state index contributed by atoms with van der Waals surface area (Å²) in [5.41, 5.74) is -0.330. The van der Waals surface area contributed by atoms with Crippen molar-refractivity contribution < 1.29 is 9.90 Å². The Labute approximate surface area is 129 Å². The van der Waals surface area contributed by atoms with Gasteiger partial charge in [-0.2, -0.15) is 0 Å². The quantitative estimate of drug-likeness (QED) is 0.792. The summed E-state index contributed by atoms with van der Waals surface area (Å²) in [5.74, 6) is 0.293. The Bertz CT molecular complexity index is 469. The van der Waals surface area contributed by atoms with Gasteiger partial charge < -0.3 is 15.7 Å². The second kappa shape index (κ2) is 6.46. The molecule has 2 aliphatic rings. The predicted molar refractivity (Wildman–Crippen MR) is 84.5 cm³/mol. The number of aliphatic hydroxyl groups excluding tert-OH is 1. The van der Waals surface area contributed by atoms with Gasteiger partial charge in [0.25, 0.3) is 0 Å². The van der Waals surface area contributed by atoms with E-state index in [9.17, 15) is 9.90 Å². The molecule has 116 valence electrons. The Morgan fingerprint density at radius 2 is 2.19 bits per heavy atom. The molecule has 3 N–H and O–H groups in total. The van der Waals surface area contributed by atoms with Crippen LogP contribution in [0, 0.1) is 5.92 Å². The molecule has 1 saturated heterocycles. The zero-order chi connectivity index (χ0) is 14.7. The van der Waals surface area contributed by atoms with Crippen LogP contribution in [-0.2, 0) is 10.2 Å². The van der Waals surface area contributed by atoms with Gasteiger partial charge in [0.1, 0.15) is 0 Å². The van der Waals surface area contributed by atoms with Crippen LogP contribution in [0.15, 0.2) is 17.5 Å². The SMILES string of the molecule is O=C(NCC1CNCC1O)C1(c2cccs2)CCCCC1. The van der Waals surface area contributed by atoms with Gasteiger partial charge in [0.05, 0.1) is 11.5 Å². The number of hydrogen-bond donors (Lipinski definition) is 3. The van der Waals surface area contributed by atoms with Gasteiger partial charge in [0.2, 0.25) is 5.91 Å². The summed E-state index contributed by atoms with van der Waals surface area (Å²) in [4.78, 5) is 14.1. The van der Waals surface area contributed by atoms with E-state index in [0.29, 0.717) is 13.1 Å². The number of nitrogens with one attached hydrogen (secondary N) is 2. The van der Waals surface area contributed by atoms with E-state index in [4.69, 9.17) is 0 Å². The van der Waals surface area contributed by atoms with Crippen LogP contribution in [0.5, 0.6) is 0 Å². The Morgan fingerprint density at radius 3 is 2.81 bits per heavy atom. The summed E-state index contributed by atoms with van der Waals surface area (Å²) in [7, 11) is 0. The summed E-state index contributed by atoms with van der Waals surface area (Å²) in [6, 6.07) is 4.13. The van der Waals surface area contributed by atoms with E-state index < -0.39 is 0 Å². The topological polar surface area (TPSA) is 61.4 Å². The highest BCUT2D eigenvalue weighted by molar-refractivity contribution is 7.10. The van der Waals surface area contributed by atoms with Crippen molar-refractivity contribution in [2.45, 2.75) is 43.6 Å². The van der Waals surface area contributed by atoms with E-state index in [-0.39, 0.29) is 23.3 Å². The van der Waals surface area contributed by atoms with Crippen molar-refractivity contribution in [3.05, 3.63) is 22.4 Å². The zero-order valence-corrected chi connectivity index (χ0v) is 13.1. The molecule has 1 saturated carbocycles. The molecule has 21 heavy (non-hydrogen) atoms. The van der Waals surface area contributed by atoms with E-state index >= 15 is 0 Å². The van der Waals surface area contributed by atoms with Crippen molar-refractivity contribution in [2.75, 3.05) is 19.6 Å². The maximum atomic E-state index is 12.9. The molecular formula is C16H24N2O2S. The molecule has 4 nitrogen and oxygen atoms in total. The lowest BCUT2D eigenvalue weighted by molar-refractivity contribution is -0.128. The van der Waals surface area contributed by atoms with E-state index in [2.05, 4.69) is 22.1 Å². The molecule has 1 aliphatic heterocycles. The third-order valence-electron chi connectivity index (χ3n) is 4.96. The minimum Gasteiger partial charge on any atom is -0.391 e. The Balaban J connectivity index is 1.69. The second-order valence-electron chi connectivity index (χ2n) is 6.32. The molecule has 2 heterocycles. The van der Waals surface area contributed by atoms with Crippen molar-refractivity contribution in [1.82, 2.24) is 10.6 Å². The molecule has 0 radical (unpaired) electrons. The number of hydrogen-bond acceptors (Lipinski definition) is 4. The van der Waals surface area contributed by atoms with Gasteiger partial charge in [0.15, 0.2) is 0 Å². The van der Waals surface area contributed by atoms with Crippen LogP contribution < -0.4 is 10.6 Å². The van der Waals surface area contributed by atoms with Crippen LogP contribution in [0.2, 0.25) is 0 Å². The number of amides is 1. The molecule has 0 aromatic carbocycles. The molecule has 2 fully saturated rings. The van der Waals surface area contributed by atoms with Gasteiger partial charge in [-0.05, 0) is 24.3 Å². The largest absolute Gasteiger partial charge is 0.391 e. The molecule has 5 heteroatoms. The number of carbonyl (C=O) groups is 1. The number of aliphatic hydroxyl groups is 1. The summed E-state index contributed by atoms with van der Waals surface area (Å²) in [5, 5.41) is 18.2.